The van der Waals surface area contributed by atoms with Gasteiger partial charge < -0.3 is 10.1 Å². The van der Waals surface area contributed by atoms with Crippen molar-refractivity contribution in [1.82, 2.24) is 5.32 Å². The van der Waals surface area contributed by atoms with E-state index in [0.29, 0.717) is 6.61 Å². The fourth-order valence-corrected chi connectivity index (χ4v) is 2.16. The number of hydrogen-bond acceptors (Lipinski definition) is 2. The van der Waals surface area contributed by atoms with Gasteiger partial charge in [0, 0.05) is 12.1 Å². The van der Waals surface area contributed by atoms with Crippen molar-refractivity contribution in [3.05, 3.63) is 29.8 Å². The maximum absolute atomic E-state index is 5.53. The van der Waals surface area contributed by atoms with Crippen molar-refractivity contribution >= 4 is 12.4 Å². The highest BCUT2D eigenvalue weighted by molar-refractivity contribution is 5.85. The van der Waals surface area contributed by atoms with Crippen LogP contribution in [0.3, 0.4) is 0 Å². The van der Waals surface area contributed by atoms with E-state index >= 15 is 0 Å². The number of para-hydroxylation sites is 1. The first-order chi connectivity index (χ1) is 9.88. The van der Waals surface area contributed by atoms with Gasteiger partial charge in [-0.05, 0) is 19.0 Å². The van der Waals surface area contributed by atoms with Crippen LogP contribution in [0.4, 0.5) is 0 Å². The van der Waals surface area contributed by atoms with E-state index in [0.717, 1.165) is 18.8 Å². The lowest BCUT2D eigenvalue weighted by molar-refractivity contribution is 0.364. The van der Waals surface area contributed by atoms with E-state index in [2.05, 4.69) is 24.2 Å². The molecule has 0 fully saturated rings. The number of rotatable bonds is 11. The third kappa shape index (κ3) is 9.39. The van der Waals surface area contributed by atoms with E-state index in [1.165, 1.54) is 44.1 Å². The summed E-state index contributed by atoms with van der Waals surface area (Å²) in [4.78, 5) is 0. The molecule has 0 saturated heterocycles. The van der Waals surface area contributed by atoms with E-state index < -0.39 is 0 Å². The first-order valence-corrected chi connectivity index (χ1v) is 7.73. The topological polar surface area (TPSA) is 21.3 Å². The van der Waals surface area contributed by atoms with Gasteiger partial charge in [0.1, 0.15) is 12.4 Å². The van der Waals surface area contributed by atoms with Gasteiger partial charge in [0.15, 0.2) is 0 Å². The number of benzene rings is 1. The lowest BCUT2D eigenvalue weighted by Gasteiger charge is -2.10. The van der Waals surface area contributed by atoms with Gasteiger partial charge in [-0.25, -0.2) is 0 Å². The quantitative estimate of drug-likeness (QED) is 0.477. The molecule has 1 N–H and O–H groups in total. The molecule has 0 bridgehead atoms. The Morgan fingerprint density at radius 2 is 1.81 bits per heavy atom. The third-order valence-corrected chi connectivity index (χ3v) is 3.31. The standard InChI is InChI=1S/C18H27NO.ClH/c1-3-5-6-7-8-11-14-19-16-17-12-9-10-13-18(17)20-15-4-2;/h2,9-10,12-13,19H,3,5-8,11,14-16H2,1H3;1H. The zero-order valence-corrected chi connectivity index (χ0v) is 13.9. The Morgan fingerprint density at radius 1 is 1.10 bits per heavy atom. The summed E-state index contributed by atoms with van der Waals surface area (Å²) in [5.41, 5.74) is 1.17. The monoisotopic (exact) mass is 309 g/mol. The number of nitrogens with one attached hydrogen (secondary N) is 1. The van der Waals surface area contributed by atoms with Crippen molar-refractivity contribution in [1.29, 1.82) is 0 Å². The van der Waals surface area contributed by atoms with Gasteiger partial charge in [-0.3, -0.25) is 0 Å². The molecule has 0 radical (unpaired) electrons. The van der Waals surface area contributed by atoms with E-state index in [1.54, 1.807) is 0 Å². The number of halogens is 1. The van der Waals surface area contributed by atoms with Gasteiger partial charge in [-0.1, -0.05) is 63.1 Å². The van der Waals surface area contributed by atoms with Crippen LogP contribution in [-0.2, 0) is 6.54 Å². The SMILES string of the molecule is C#CCOc1ccccc1CNCCCCCCCC.Cl. The van der Waals surface area contributed by atoms with Gasteiger partial charge in [-0.15, -0.1) is 18.8 Å². The van der Waals surface area contributed by atoms with Crippen molar-refractivity contribution in [3.63, 3.8) is 0 Å². The summed E-state index contributed by atoms with van der Waals surface area (Å²) < 4.78 is 5.53. The van der Waals surface area contributed by atoms with Gasteiger partial charge in [-0.2, -0.15) is 0 Å². The van der Waals surface area contributed by atoms with Crippen LogP contribution in [0.1, 0.15) is 51.0 Å². The Balaban J connectivity index is 0.00000400. The molecule has 0 amide bonds. The predicted octanol–water partition coefficient (Wildman–Crippen LogP) is 4.57. The second-order valence-electron chi connectivity index (χ2n) is 5.05. The third-order valence-electron chi connectivity index (χ3n) is 3.31. The zero-order chi connectivity index (χ0) is 14.5. The van der Waals surface area contributed by atoms with Crippen LogP contribution in [0.2, 0.25) is 0 Å². The predicted molar refractivity (Wildman–Crippen MR) is 93.1 cm³/mol. The lowest BCUT2D eigenvalue weighted by Crippen LogP contribution is -2.15. The summed E-state index contributed by atoms with van der Waals surface area (Å²) in [6, 6.07) is 8.06. The van der Waals surface area contributed by atoms with Crippen molar-refractivity contribution in [2.75, 3.05) is 13.2 Å². The zero-order valence-electron chi connectivity index (χ0n) is 13.1. The van der Waals surface area contributed by atoms with Crippen LogP contribution in [0, 0.1) is 12.3 Å². The number of terminal acetylenes is 1. The molecule has 1 aromatic carbocycles. The van der Waals surface area contributed by atoms with Crippen molar-refractivity contribution in [2.24, 2.45) is 0 Å². The molecule has 3 heteroatoms. The molecule has 0 atom stereocenters. The summed E-state index contributed by atoms with van der Waals surface area (Å²) in [5, 5.41) is 3.48. The normalized spacial score (nSPS) is 9.71. The molecule has 118 valence electrons. The molecule has 0 heterocycles. The van der Waals surface area contributed by atoms with Crippen LogP contribution in [0.15, 0.2) is 24.3 Å². The maximum atomic E-state index is 5.53. The number of unbranched alkanes of at least 4 members (excludes halogenated alkanes) is 5. The van der Waals surface area contributed by atoms with Gasteiger partial charge in [0.2, 0.25) is 0 Å². The van der Waals surface area contributed by atoms with Crippen LogP contribution in [0.5, 0.6) is 5.75 Å². The minimum Gasteiger partial charge on any atom is -0.481 e. The molecule has 2 nitrogen and oxygen atoms in total. The molecule has 1 aromatic rings. The Bertz CT molecular complexity index is 400. The molecule has 1 rings (SSSR count). The van der Waals surface area contributed by atoms with Gasteiger partial charge in [0.25, 0.3) is 0 Å². The molecular weight excluding hydrogens is 282 g/mol. The summed E-state index contributed by atoms with van der Waals surface area (Å²) >= 11 is 0. The average Bonchev–Trinajstić information content (AvgIpc) is 2.49. The first kappa shape index (κ1) is 19.8. The Hall–Kier alpha value is -1.17. The molecule has 0 saturated carbocycles. The largest absolute Gasteiger partial charge is 0.481 e. The van der Waals surface area contributed by atoms with Crippen LogP contribution < -0.4 is 10.1 Å². The second kappa shape index (κ2) is 13.8. The summed E-state index contributed by atoms with van der Waals surface area (Å²) in [6.07, 6.45) is 13.2. The minimum atomic E-state index is 0. The first-order valence-electron chi connectivity index (χ1n) is 7.73. The lowest BCUT2D eigenvalue weighted by atomic mass is 10.1. The Morgan fingerprint density at radius 3 is 2.57 bits per heavy atom. The van der Waals surface area contributed by atoms with Crippen LogP contribution in [0.25, 0.3) is 0 Å². The number of ether oxygens (including phenoxy) is 1. The molecule has 0 spiro atoms. The maximum Gasteiger partial charge on any atom is 0.148 e. The fourth-order valence-electron chi connectivity index (χ4n) is 2.16. The van der Waals surface area contributed by atoms with Crippen LogP contribution in [-0.4, -0.2) is 13.2 Å². The summed E-state index contributed by atoms with van der Waals surface area (Å²) in [5.74, 6) is 3.39. The molecule has 0 aromatic heterocycles. The highest BCUT2D eigenvalue weighted by Crippen LogP contribution is 2.17. The summed E-state index contributed by atoms with van der Waals surface area (Å²) in [7, 11) is 0. The molecule has 0 aliphatic carbocycles. The summed E-state index contributed by atoms with van der Waals surface area (Å²) in [6.45, 7) is 4.49. The van der Waals surface area contributed by atoms with E-state index in [1.807, 2.05) is 18.2 Å². The van der Waals surface area contributed by atoms with Crippen molar-refractivity contribution in [2.45, 2.75) is 52.0 Å². The van der Waals surface area contributed by atoms with Crippen molar-refractivity contribution in [3.8, 4) is 18.1 Å². The number of hydrogen-bond donors (Lipinski definition) is 1. The average molecular weight is 310 g/mol. The Labute approximate surface area is 136 Å². The highest BCUT2D eigenvalue weighted by atomic mass is 35.5. The van der Waals surface area contributed by atoms with Gasteiger partial charge >= 0.3 is 0 Å². The molecule has 0 aliphatic rings. The fraction of sp³-hybridized carbons (Fsp3) is 0.556. The molecule has 0 unspecified atom stereocenters. The second-order valence-corrected chi connectivity index (χ2v) is 5.05. The van der Waals surface area contributed by atoms with Crippen molar-refractivity contribution < 1.29 is 4.74 Å². The minimum absolute atomic E-state index is 0. The smallest absolute Gasteiger partial charge is 0.148 e. The van der Waals surface area contributed by atoms with E-state index in [9.17, 15) is 0 Å². The Kier molecular flexibility index (Phi) is 13.0. The van der Waals surface area contributed by atoms with E-state index in [4.69, 9.17) is 11.2 Å². The van der Waals surface area contributed by atoms with Crippen LogP contribution >= 0.6 is 12.4 Å². The highest BCUT2D eigenvalue weighted by Gasteiger charge is 2.01. The molecule has 21 heavy (non-hydrogen) atoms. The van der Waals surface area contributed by atoms with Gasteiger partial charge in [0.05, 0.1) is 0 Å². The van der Waals surface area contributed by atoms with E-state index in [-0.39, 0.29) is 12.4 Å². The molecular formula is C18H28ClNO. The molecule has 0 aliphatic heterocycles.